The summed E-state index contributed by atoms with van der Waals surface area (Å²) in [6, 6.07) is 11.0. The molecule has 0 amide bonds. The number of alkyl halides is 2. The van der Waals surface area contributed by atoms with E-state index in [2.05, 4.69) is 11.7 Å². The molecule has 1 aliphatic rings. The smallest absolute Gasteiger partial charge is 0.387 e. The van der Waals surface area contributed by atoms with Crippen LogP contribution in [0.15, 0.2) is 42.5 Å². The van der Waals surface area contributed by atoms with Crippen molar-refractivity contribution < 1.29 is 36.2 Å². The summed E-state index contributed by atoms with van der Waals surface area (Å²) in [5.74, 6) is -3.48. The quantitative estimate of drug-likeness (QED) is 0.145. The van der Waals surface area contributed by atoms with Gasteiger partial charge in [0.25, 0.3) is 0 Å². The summed E-state index contributed by atoms with van der Waals surface area (Å²) in [5, 5.41) is 1.23. The number of hydrogen-bond donors (Lipinski definition) is 0. The molecule has 3 aromatic rings. The third-order valence-corrected chi connectivity index (χ3v) is 7.47. The van der Waals surface area contributed by atoms with Gasteiger partial charge in [0.05, 0.1) is 13.2 Å². The highest BCUT2D eigenvalue weighted by atomic mass is 19.3. The molecule has 0 aromatic heterocycles. The molecule has 0 saturated carbocycles. The second kappa shape index (κ2) is 14.8. The van der Waals surface area contributed by atoms with E-state index in [1.165, 1.54) is 32.1 Å². The Hall–Kier alpha value is -2.71. The maximum Gasteiger partial charge on any atom is 0.387 e. The van der Waals surface area contributed by atoms with E-state index in [0.29, 0.717) is 16.9 Å². The van der Waals surface area contributed by atoms with Crippen molar-refractivity contribution in [3.63, 3.8) is 0 Å². The first-order valence-electron chi connectivity index (χ1n) is 14.2. The van der Waals surface area contributed by atoms with Crippen molar-refractivity contribution in [2.24, 2.45) is 5.92 Å². The average molecular weight is 565 g/mol. The standard InChI is InChI=1S/C32H37F5O3/c1-2-3-4-5-6-7-23-19-38-29(39-20-23)15-10-21-9-14-26-25(16-21)13-12-24(30(26)35)11-8-22-17-27(33)31(28(34)18-22)40-32(36)37/h9,12-14,16-18,23,29,32H,2-8,10-11,15,19-20H2,1H3. The minimum Gasteiger partial charge on any atom is -0.429 e. The summed E-state index contributed by atoms with van der Waals surface area (Å²) in [7, 11) is 0. The Labute approximate surface area is 232 Å². The fraction of sp³-hybridized carbons (Fsp3) is 0.500. The molecule has 1 fully saturated rings. The van der Waals surface area contributed by atoms with Crippen LogP contribution in [0.3, 0.4) is 0 Å². The summed E-state index contributed by atoms with van der Waals surface area (Å²) >= 11 is 0. The summed E-state index contributed by atoms with van der Waals surface area (Å²) in [5.41, 5.74) is 1.68. The number of aryl methyl sites for hydroxylation is 3. The summed E-state index contributed by atoms with van der Waals surface area (Å²) < 4.78 is 83.7. The first-order valence-corrected chi connectivity index (χ1v) is 14.2. The van der Waals surface area contributed by atoms with Gasteiger partial charge in [0.2, 0.25) is 0 Å². The number of rotatable bonds is 14. The molecule has 0 spiro atoms. The number of hydrogen-bond acceptors (Lipinski definition) is 3. The van der Waals surface area contributed by atoms with E-state index < -0.39 is 24.0 Å². The van der Waals surface area contributed by atoms with Gasteiger partial charge in [-0.25, -0.2) is 13.2 Å². The Morgan fingerprint density at radius 3 is 2.23 bits per heavy atom. The molecule has 3 nitrogen and oxygen atoms in total. The maximum absolute atomic E-state index is 15.2. The first-order chi connectivity index (χ1) is 19.3. The Bertz CT molecular complexity index is 1220. The molecule has 218 valence electrons. The topological polar surface area (TPSA) is 27.7 Å². The van der Waals surface area contributed by atoms with Crippen molar-refractivity contribution in [2.45, 2.75) is 84.0 Å². The SMILES string of the molecule is CCCCCCCC1COC(CCc2ccc3c(F)c(CCc4cc(F)c(OC(F)F)c(F)c4)ccc3c2)OC1. The van der Waals surface area contributed by atoms with Crippen LogP contribution < -0.4 is 4.74 Å². The molecular formula is C32H37F5O3. The van der Waals surface area contributed by atoms with E-state index in [-0.39, 0.29) is 30.5 Å². The molecule has 0 radical (unpaired) electrons. The predicted octanol–water partition coefficient (Wildman–Crippen LogP) is 8.93. The number of fused-ring (bicyclic) bond motifs is 1. The van der Waals surface area contributed by atoms with Crippen molar-refractivity contribution >= 4 is 10.8 Å². The van der Waals surface area contributed by atoms with Gasteiger partial charge < -0.3 is 14.2 Å². The van der Waals surface area contributed by atoms with Crippen LogP contribution in [0.4, 0.5) is 22.0 Å². The Balaban J connectivity index is 1.28. The third-order valence-electron chi connectivity index (χ3n) is 7.47. The molecule has 1 heterocycles. The van der Waals surface area contributed by atoms with Crippen molar-refractivity contribution in [1.29, 1.82) is 0 Å². The molecule has 0 aliphatic carbocycles. The van der Waals surface area contributed by atoms with E-state index in [9.17, 15) is 17.6 Å². The molecular weight excluding hydrogens is 527 g/mol. The van der Waals surface area contributed by atoms with Crippen molar-refractivity contribution in [3.8, 4) is 5.75 Å². The van der Waals surface area contributed by atoms with E-state index in [0.717, 1.165) is 55.6 Å². The van der Waals surface area contributed by atoms with Crippen molar-refractivity contribution in [3.05, 3.63) is 76.6 Å². The van der Waals surface area contributed by atoms with Gasteiger partial charge in [-0.15, -0.1) is 0 Å². The summed E-state index contributed by atoms with van der Waals surface area (Å²) in [4.78, 5) is 0. The van der Waals surface area contributed by atoms with Gasteiger partial charge in [0.1, 0.15) is 5.82 Å². The minimum absolute atomic E-state index is 0.129. The van der Waals surface area contributed by atoms with Crippen LogP contribution in [-0.4, -0.2) is 26.1 Å². The van der Waals surface area contributed by atoms with Gasteiger partial charge in [-0.05, 0) is 59.9 Å². The second-order valence-corrected chi connectivity index (χ2v) is 10.6. The van der Waals surface area contributed by atoms with Gasteiger partial charge in [0, 0.05) is 17.7 Å². The molecule has 8 heteroatoms. The van der Waals surface area contributed by atoms with E-state index >= 15 is 4.39 Å². The average Bonchev–Trinajstić information content (AvgIpc) is 2.94. The van der Waals surface area contributed by atoms with Crippen LogP contribution in [0, 0.1) is 23.4 Å². The highest BCUT2D eigenvalue weighted by Crippen LogP contribution is 2.28. The maximum atomic E-state index is 15.2. The predicted molar refractivity (Wildman–Crippen MR) is 145 cm³/mol. The van der Waals surface area contributed by atoms with Gasteiger partial charge in [-0.2, -0.15) is 8.78 Å². The van der Waals surface area contributed by atoms with Crippen LogP contribution in [0.25, 0.3) is 10.8 Å². The van der Waals surface area contributed by atoms with Crippen molar-refractivity contribution in [1.82, 2.24) is 0 Å². The Kier molecular flexibility index (Phi) is 11.2. The normalized spacial score (nSPS) is 17.6. The number of halogens is 5. The highest BCUT2D eigenvalue weighted by Gasteiger charge is 2.22. The molecule has 3 aromatic carbocycles. The minimum atomic E-state index is -3.33. The summed E-state index contributed by atoms with van der Waals surface area (Å²) in [6.07, 6.45) is 9.04. The Morgan fingerprint density at radius 2 is 1.52 bits per heavy atom. The Morgan fingerprint density at radius 1 is 0.800 bits per heavy atom. The third kappa shape index (κ3) is 8.40. The van der Waals surface area contributed by atoms with Crippen LogP contribution in [0.5, 0.6) is 5.75 Å². The molecule has 0 atom stereocenters. The second-order valence-electron chi connectivity index (χ2n) is 10.6. The van der Waals surface area contributed by atoms with Gasteiger partial charge in [-0.1, -0.05) is 69.4 Å². The van der Waals surface area contributed by atoms with E-state index in [1.807, 2.05) is 18.2 Å². The van der Waals surface area contributed by atoms with E-state index in [1.54, 1.807) is 12.1 Å². The lowest BCUT2D eigenvalue weighted by molar-refractivity contribution is -0.203. The first kappa shape index (κ1) is 30.3. The zero-order valence-electron chi connectivity index (χ0n) is 22.9. The van der Waals surface area contributed by atoms with Crippen molar-refractivity contribution in [2.75, 3.05) is 13.2 Å². The lowest BCUT2D eigenvalue weighted by atomic mass is 9.98. The van der Waals surface area contributed by atoms with Gasteiger partial charge in [0.15, 0.2) is 23.7 Å². The number of ether oxygens (including phenoxy) is 3. The van der Waals surface area contributed by atoms with Crippen LogP contribution in [-0.2, 0) is 28.7 Å². The van der Waals surface area contributed by atoms with E-state index in [4.69, 9.17) is 9.47 Å². The largest absolute Gasteiger partial charge is 0.429 e. The molecule has 0 unspecified atom stereocenters. The molecule has 40 heavy (non-hydrogen) atoms. The van der Waals surface area contributed by atoms with Gasteiger partial charge >= 0.3 is 6.61 Å². The molecule has 0 N–H and O–H groups in total. The number of unbranched alkanes of at least 4 members (excludes halogenated alkanes) is 4. The zero-order valence-corrected chi connectivity index (χ0v) is 22.9. The highest BCUT2D eigenvalue weighted by molar-refractivity contribution is 5.84. The van der Waals surface area contributed by atoms with Crippen LogP contribution >= 0.6 is 0 Å². The fourth-order valence-electron chi connectivity index (χ4n) is 5.21. The monoisotopic (exact) mass is 564 g/mol. The van der Waals surface area contributed by atoms with Crippen LogP contribution in [0.1, 0.15) is 68.6 Å². The lowest BCUT2D eigenvalue weighted by Gasteiger charge is -2.29. The molecule has 1 aliphatic heterocycles. The zero-order chi connectivity index (χ0) is 28.5. The van der Waals surface area contributed by atoms with Crippen LogP contribution in [0.2, 0.25) is 0 Å². The lowest BCUT2D eigenvalue weighted by Crippen LogP contribution is -2.32. The fourth-order valence-corrected chi connectivity index (χ4v) is 5.21. The molecule has 0 bridgehead atoms. The summed E-state index contributed by atoms with van der Waals surface area (Å²) in [6.45, 7) is 0.351. The number of benzene rings is 3. The van der Waals surface area contributed by atoms with Gasteiger partial charge in [-0.3, -0.25) is 0 Å². The molecule has 4 rings (SSSR count). The molecule has 1 saturated heterocycles.